The van der Waals surface area contributed by atoms with Gasteiger partial charge in [-0.2, -0.15) is 0 Å². The van der Waals surface area contributed by atoms with Crippen LogP contribution in [0.25, 0.3) is 0 Å². The molecule has 0 saturated heterocycles. The fourth-order valence-electron chi connectivity index (χ4n) is 1.25. The van der Waals surface area contributed by atoms with Crippen molar-refractivity contribution in [2.24, 2.45) is 0 Å². The molecular formula is C10H9BrN2OS. The van der Waals surface area contributed by atoms with Gasteiger partial charge in [-0.1, -0.05) is 0 Å². The first kappa shape index (κ1) is 10.7. The number of aromatic nitrogens is 2. The van der Waals surface area contributed by atoms with Crippen LogP contribution < -0.4 is 0 Å². The molecular weight excluding hydrogens is 276 g/mol. The van der Waals surface area contributed by atoms with Crippen LogP contribution >= 0.6 is 27.3 Å². The molecule has 0 amide bonds. The highest BCUT2D eigenvalue weighted by atomic mass is 79.9. The molecule has 2 heterocycles. The van der Waals surface area contributed by atoms with Crippen molar-refractivity contribution >= 4 is 27.3 Å². The zero-order chi connectivity index (χ0) is 10.7. The fourth-order valence-corrected chi connectivity index (χ4v) is 2.77. The van der Waals surface area contributed by atoms with Crippen LogP contribution in [-0.4, -0.2) is 15.1 Å². The van der Waals surface area contributed by atoms with E-state index in [9.17, 15) is 5.11 Å². The van der Waals surface area contributed by atoms with Gasteiger partial charge in [-0.3, -0.25) is 0 Å². The summed E-state index contributed by atoms with van der Waals surface area (Å²) in [5.74, 6) is 0. The Kier molecular flexibility index (Phi) is 3.45. The minimum Gasteiger partial charge on any atom is -0.388 e. The number of aliphatic hydroxyl groups excluding tert-OH is 1. The lowest BCUT2D eigenvalue weighted by Crippen LogP contribution is -2.01. The van der Waals surface area contributed by atoms with E-state index >= 15 is 0 Å². The Morgan fingerprint density at radius 2 is 2.07 bits per heavy atom. The molecule has 0 bridgehead atoms. The minimum atomic E-state index is -0.531. The zero-order valence-electron chi connectivity index (χ0n) is 7.80. The molecule has 2 rings (SSSR count). The molecule has 0 saturated carbocycles. The number of aliphatic hydroxyl groups is 1. The molecule has 0 aliphatic carbocycles. The Labute approximate surface area is 100.0 Å². The highest BCUT2D eigenvalue weighted by Gasteiger charge is 2.10. The quantitative estimate of drug-likeness (QED) is 0.942. The molecule has 78 valence electrons. The van der Waals surface area contributed by atoms with Crippen LogP contribution in [0.3, 0.4) is 0 Å². The summed E-state index contributed by atoms with van der Waals surface area (Å²) in [4.78, 5) is 8.89. The summed E-state index contributed by atoms with van der Waals surface area (Å²) in [6, 6.07) is 3.98. The molecule has 1 unspecified atom stereocenters. The second-order valence-corrected chi connectivity index (χ2v) is 5.65. The molecule has 0 radical (unpaired) electrons. The van der Waals surface area contributed by atoms with Crippen molar-refractivity contribution in [2.45, 2.75) is 12.5 Å². The third-order valence-corrected chi connectivity index (χ3v) is 3.63. The Bertz CT molecular complexity index is 432. The topological polar surface area (TPSA) is 46.0 Å². The van der Waals surface area contributed by atoms with Crippen LogP contribution in [0.4, 0.5) is 0 Å². The van der Waals surface area contributed by atoms with Gasteiger partial charge in [0.1, 0.15) is 6.33 Å². The van der Waals surface area contributed by atoms with Crippen molar-refractivity contribution in [1.82, 2.24) is 9.97 Å². The summed E-state index contributed by atoms with van der Waals surface area (Å²) in [6.07, 6.45) is 4.80. The number of thiophene rings is 1. The molecule has 1 atom stereocenters. The number of rotatable bonds is 3. The van der Waals surface area contributed by atoms with E-state index < -0.39 is 6.10 Å². The summed E-state index contributed by atoms with van der Waals surface area (Å²) < 4.78 is 1.08. The van der Waals surface area contributed by atoms with Gasteiger partial charge in [0.2, 0.25) is 0 Å². The monoisotopic (exact) mass is 284 g/mol. The Morgan fingerprint density at radius 3 is 2.67 bits per heavy atom. The van der Waals surface area contributed by atoms with E-state index in [0.29, 0.717) is 6.42 Å². The number of nitrogens with zero attached hydrogens (tertiary/aromatic N) is 2. The Balaban J connectivity index is 2.07. The first-order valence-corrected chi connectivity index (χ1v) is 6.04. The largest absolute Gasteiger partial charge is 0.388 e. The highest BCUT2D eigenvalue weighted by Crippen LogP contribution is 2.26. The Morgan fingerprint density at radius 1 is 1.33 bits per heavy atom. The second kappa shape index (κ2) is 4.83. The van der Waals surface area contributed by atoms with Gasteiger partial charge in [0, 0.05) is 29.3 Å². The van der Waals surface area contributed by atoms with Gasteiger partial charge < -0.3 is 5.11 Å². The smallest absolute Gasteiger partial charge is 0.115 e. The molecule has 0 fully saturated rings. The first-order valence-electron chi connectivity index (χ1n) is 4.43. The molecule has 2 aromatic rings. The standard InChI is InChI=1S/C10H9BrN2OS/c11-10-2-1-8(15-10)3-9(14)7-4-12-6-13-5-7/h1-2,4-6,9,14H,3H2. The van der Waals surface area contributed by atoms with Crippen LogP contribution in [-0.2, 0) is 6.42 Å². The summed E-state index contributed by atoms with van der Waals surface area (Å²) in [6.45, 7) is 0. The van der Waals surface area contributed by atoms with E-state index in [1.807, 2.05) is 12.1 Å². The van der Waals surface area contributed by atoms with Crippen molar-refractivity contribution in [1.29, 1.82) is 0 Å². The minimum absolute atomic E-state index is 0.531. The molecule has 0 aliphatic rings. The van der Waals surface area contributed by atoms with E-state index in [1.54, 1.807) is 23.7 Å². The van der Waals surface area contributed by atoms with E-state index in [2.05, 4.69) is 25.9 Å². The molecule has 0 spiro atoms. The number of hydrogen-bond acceptors (Lipinski definition) is 4. The van der Waals surface area contributed by atoms with Crippen LogP contribution in [0.1, 0.15) is 16.5 Å². The maximum atomic E-state index is 9.89. The summed E-state index contributed by atoms with van der Waals surface area (Å²) in [7, 11) is 0. The van der Waals surface area contributed by atoms with Gasteiger partial charge in [0.15, 0.2) is 0 Å². The van der Waals surface area contributed by atoms with Gasteiger partial charge in [-0.05, 0) is 28.1 Å². The van der Waals surface area contributed by atoms with Gasteiger partial charge in [-0.25, -0.2) is 9.97 Å². The van der Waals surface area contributed by atoms with E-state index in [-0.39, 0.29) is 0 Å². The molecule has 1 N–H and O–H groups in total. The molecule has 0 aromatic carbocycles. The first-order chi connectivity index (χ1) is 7.25. The third kappa shape index (κ3) is 2.84. The zero-order valence-corrected chi connectivity index (χ0v) is 10.2. The fraction of sp³-hybridized carbons (Fsp3) is 0.200. The third-order valence-electron chi connectivity index (χ3n) is 1.99. The van der Waals surface area contributed by atoms with Gasteiger partial charge in [-0.15, -0.1) is 11.3 Å². The van der Waals surface area contributed by atoms with E-state index in [1.165, 1.54) is 6.33 Å². The van der Waals surface area contributed by atoms with E-state index in [0.717, 1.165) is 14.2 Å². The van der Waals surface area contributed by atoms with Crippen molar-refractivity contribution in [3.63, 3.8) is 0 Å². The Hall–Kier alpha value is -0.780. The highest BCUT2D eigenvalue weighted by molar-refractivity contribution is 9.11. The molecule has 15 heavy (non-hydrogen) atoms. The van der Waals surface area contributed by atoms with Crippen LogP contribution in [0, 0.1) is 0 Å². The molecule has 3 nitrogen and oxygen atoms in total. The predicted molar refractivity (Wildman–Crippen MR) is 62.7 cm³/mol. The van der Waals surface area contributed by atoms with Crippen LogP contribution in [0.5, 0.6) is 0 Å². The average Bonchev–Trinajstić information content (AvgIpc) is 2.65. The van der Waals surface area contributed by atoms with E-state index in [4.69, 9.17) is 0 Å². The predicted octanol–water partition coefficient (Wildman–Crippen LogP) is 2.58. The lowest BCUT2D eigenvalue weighted by molar-refractivity contribution is 0.178. The second-order valence-electron chi connectivity index (χ2n) is 3.10. The molecule has 5 heteroatoms. The maximum Gasteiger partial charge on any atom is 0.115 e. The number of hydrogen-bond donors (Lipinski definition) is 1. The number of halogens is 1. The van der Waals surface area contributed by atoms with Gasteiger partial charge in [0.05, 0.1) is 9.89 Å². The molecule has 2 aromatic heterocycles. The summed E-state index contributed by atoms with van der Waals surface area (Å²) in [5, 5.41) is 9.89. The summed E-state index contributed by atoms with van der Waals surface area (Å²) in [5.41, 5.74) is 0.752. The maximum absolute atomic E-state index is 9.89. The van der Waals surface area contributed by atoms with Crippen LogP contribution in [0.15, 0.2) is 34.6 Å². The van der Waals surface area contributed by atoms with Gasteiger partial charge in [0.25, 0.3) is 0 Å². The van der Waals surface area contributed by atoms with Crippen molar-refractivity contribution in [3.8, 4) is 0 Å². The van der Waals surface area contributed by atoms with Crippen molar-refractivity contribution in [3.05, 3.63) is 45.1 Å². The summed E-state index contributed by atoms with van der Waals surface area (Å²) >= 11 is 5.02. The molecule has 0 aliphatic heterocycles. The lowest BCUT2D eigenvalue weighted by Gasteiger charge is -2.07. The van der Waals surface area contributed by atoms with Gasteiger partial charge >= 0.3 is 0 Å². The SMILES string of the molecule is OC(Cc1ccc(Br)s1)c1cncnc1. The average molecular weight is 285 g/mol. The van der Waals surface area contributed by atoms with Crippen LogP contribution in [0.2, 0.25) is 0 Å². The van der Waals surface area contributed by atoms with Crippen molar-refractivity contribution in [2.75, 3.05) is 0 Å². The lowest BCUT2D eigenvalue weighted by atomic mass is 10.1. The van der Waals surface area contributed by atoms with Crippen molar-refractivity contribution < 1.29 is 5.11 Å². The normalized spacial score (nSPS) is 12.7.